The lowest BCUT2D eigenvalue weighted by atomic mass is 10.2. The number of esters is 1. The molecule has 6 nitrogen and oxygen atoms in total. The first-order chi connectivity index (χ1) is 12.5. The van der Waals surface area contributed by atoms with Crippen LogP contribution in [0.5, 0.6) is 0 Å². The van der Waals surface area contributed by atoms with E-state index in [1.165, 1.54) is 6.92 Å². The van der Waals surface area contributed by atoms with Crippen LogP contribution in [0.1, 0.15) is 23.2 Å². The zero-order valence-corrected chi connectivity index (χ0v) is 14.6. The van der Waals surface area contributed by atoms with E-state index in [4.69, 9.17) is 20.8 Å². The molecule has 1 amide bonds. The minimum absolute atomic E-state index is 0.0835. The monoisotopic (exact) mass is 370 g/mol. The number of hydrogen-bond donors (Lipinski definition) is 1. The zero-order chi connectivity index (χ0) is 18.5. The number of nitrogens with zero attached hydrogens (tertiary/aromatic N) is 1. The van der Waals surface area contributed by atoms with Gasteiger partial charge in [0.05, 0.1) is 11.8 Å². The summed E-state index contributed by atoms with van der Waals surface area (Å²) in [6.07, 6.45) is 1.56. The van der Waals surface area contributed by atoms with E-state index in [0.717, 1.165) is 5.56 Å². The SMILES string of the molecule is CC(=O)Nc1ccc(C(=O)OCc2ncc(-c3ccc(Cl)cc3)o2)cc1. The maximum absolute atomic E-state index is 12.1. The van der Waals surface area contributed by atoms with Gasteiger partial charge in [-0.25, -0.2) is 9.78 Å². The van der Waals surface area contributed by atoms with Crippen molar-refractivity contribution in [1.29, 1.82) is 0 Å². The molecule has 0 saturated carbocycles. The van der Waals surface area contributed by atoms with Crippen LogP contribution in [-0.2, 0) is 16.1 Å². The van der Waals surface area contributed by atoms with Crippen molar-refractivity contribution in [3.63, 3.8) is 0 Å². The number of anilines is 1. The van der Waals surface area contributed by atoms with Gasteiger partial charge in [-0.15, -0.1) is 0 Å². The van der Waals surface area contributed by atoms with Gasteiger partial charge in [0.15, 0.2) is 12.4 Å². The van der Waals surface area contributed by atoms with Crippen LogP contribution in [0.4, 0.5) is 5.69 Å². The van der Waals surface area contributed by atoms with Crippen LogP contribution in [0.2, 0.25) is 5.02 Å². The number of nitrogens with one attached hydrogen (secondary N) is 1. The number of carbonyl (C=O) groups is 2. The van der Waals surface area contributed by atoms with E-state index >= 15 is 0 Å². The van der Waals surface area contributed by atoms with Crippen LogP contribution >= 0.6 is 11.6 Å². The topological polar surface area (TPSA) is 81.4 Å². The third kappa shape index (κ3) is 4.49. The minimum Gasteiger partial charge on any atom is -0.452 e. The van der Waals surface area contributed by atoms with Gasteiger partial charge >= 0.3 is 5.97 Å². The first-order valence-corrected chi connectivity index (χ1v) is 8.14. The normalized spacial score (nSPS) is 10.4. The first-order valence-electron chi connectivity index (χ1n) is 7.77. The molecule has 0 aliphatic rings. The summed E-state index contributed by atoms with van der Waals surface area (Å²) >= 11 is 5.86. The average molecular weight is 371 g/mol. The smallest absolute Gasteiger partial charge is 0.338 e. The van der Waals surface area contributed by atoms with Crippen LogP contribution < -0.4 is 5.32 Å². The fourth-order valence-electron chi connectivity index (χ4n) is 2.23. The van der Waals surface area contributed by atoms with Crippen molar-refractivity contribution in [3.8, 4) is 11.3 Å². The summed E-state index contributed by atoms with van der Waals surface area (Å²) in [6.45, 7) is 1.33. The Morgan fingerprint density at radius 1 is 1.12 bits per heavy atom. The highest BCUT2D eigenvalue weighted by molar-refractivity contribution is 6.30. The molecule has 3 rings (SSSR count). The van der Waals surface area contributed by atoms with Crippen LogP contribution in [-0.4, -0.2) is 16.9 Å². The Kier molecular flexibility index (Phi) is 5.34. The number of halogens is 1. The largest absolute Gasteiger partial charge is 0.452 e. The zero-order valence-electron chi connectivity index (χ0n) is 13.9. The predicted molar refractivity (Wildman–Crippen MR) is 96.8 cm³/mol. The second kappa shape index (κ2) is 7.84. The van der Waals surface area contributed by atoms with Crippen molar-refractivity contribution in [3.05, 3.63) is 71.2 Å². The highest BCUT2D eigenvalue weighted by Gasteiger charge is 2.11. The Morgan fingerprint density at radius 2 is 1.81 bits per heavy atom. The van der Waals surface area contributed by atoms with E-state index in [9.17, 15) is 9.59 Å². The number of ether oxygens (including phenoxy) is 1. The number of hydrogen-bond acceptors (Lipinski definition) is 5. The van der Waals surface area contributed by atoms with Gasteiger partial charge in [-0.1, -0.05) is 11.6 Å². The first kappa shape index (κ1) is 17.7. The Bertz CT molecular complexity index is 917. The molecule has 2 aromatic carbocycles. The van der Waals surface area contributed by atoms with Crippen molar-refractivity contribution in [1.82, 2.24) is 4.98 Å². The lowest BCUT2D eigenvalue weighted by Crippen LogP contribution is -2.07. The van der Waals surface area contributed by atoms with Gasteiger partial charge in [0.2, 0.25) is 11.8 Å². The molecule has 0 radical (unpaired) electrons. The molecule has 0 aliphatic carbocycles. The summed E-state index contributed by atoms with van der Waals surface area (Å²) < 4.78 is 10.8. The maximum Gasteiger partial charge on any atom is 0.338 e. The number of benzene rings is 2. The molecule has 1 aromatic heterocycles. The van der Waals surface area contributed by atoms with Gasteiger partial charge in [-0.2, -0.15) is 0 Å². The highest BCUT2D eigenvalue weighted by Crippen LogP contribution is 2.22. The Hall–Kier alpha value is -3.12. The fourth-order valence-corrected chi connectivity index (χ4v) is 2.35. The summed E-state index contributed by atoms with van der Waals surface area (Å²) in [7, 11) is 0. The van der Waals surface area contributed by atoms with Gasteiger partial charge in [0.25, 0.3) is 0 Å². The summed E-state index contributed by atoms with van der Waals surface area (Å²) in [4.78, 5) is 27.2. The molecule has 0 bridgehead atoms. The van der Waals surface area contributed by atoms with Crippen molar-refractivity contribution in [2.75, 3.05) is 5.32 Å². The fraction of sp³-hybridized carbons (Fsp3) is 0.105. The molecule has 132 valence electrons. The molecule has 0 unspecified atom stereocenters. The molecular weight excluding hydrogens is 356 g/mol. The lowest BCUT2D eigenvalue weighted by molar-refractivity contribution is -0.114. The number of oxazole rings is 1. The molecule has 1 heterocycles. The van der Waals surface area contributed by atoms with Crippen LogP contribution in [0.25, 0.3) is 11.3 Å². The van der Waals surface area contributed by atoms with Crippen LogP contribution in [0, 0.1) is 0 Å². The molecule has 7 heteroatoms. The molecule has 26 heavy (non-hydrogen) atoms. The number of aromatic nitrogens is 1. The third-order valence-corrected chi connectivity index (χ3v) is 3.70. The van der Waals surface area contributed by atoms with Crippen molar-refractivity contribution < 1.29 is 18.7 Å². The average Bonchev–Trinajstić information content (AvgIpc) is 3.09. The second-order valence-electron chi connectivity index (χ2n) is 5.46. The van der Waals surface area contributed by atoms with E-state index in [0.29, 0.717) is 22.0 Å². The van der Waals surface area contributed by atoms with Crippen molar-refractivity contribution >= 4 is 29.2 Å². The Labute approximate surface area is 154 Å². The number of rotatable bonds is 5. The predicted octanol–water partition coefficient (Wildman–Crippen LogP) is 4.31. The third-order valence-electron chi connectivity index (χ3n) is 3.45. The molecule has 0 aliphatic heterocycles. The van der Waals surface area contributed by atoms with Crippen LogP contribution in [0.3, 0.4) is 0 Å². The maximum atomic E-state index is 12.1. The molecule has 3 aromatic rings. The molecular formula is C19H15ClN2O4. The quantitative estimate of drug-likeness (QED) is 0.677. The van der Waals surface area contributed by atoms with E-state index in [-0.39, 0.29) is 18.4 Å². The van der Waals surface area contributed by atoms with Gasteiger partial charge < -0.3 is 14.5 Å². The Morgan fingerprint density at radius 3 is 2.46 bits per heavy atom. The van der Waals surface area contributed by atoms with E-state index in [1.807, 2.05) is 12.1 Å². The number of carbonyl (C=O) groups excluding carboxylic acids is 2. The van der Waals surface area contributed by atoms with Gasteiger partial charge in [0.1, 0.15) is 0 Å². The lowest BCUT2D eigenvalue weighted by Gasteiger charge is -2.05. The summed E-state index contributed by atoms with van der Waals surface area (Å²) in [5, 5.41) is 3.26. The summed E-state index contributed by atoms with van der Waals surface area (Å²) in [6, 6.07) is 13.5. The molecule has 1 N–H and O–H groups in total. The molecule has 0 saturated heterocycles. The summed E-state index contributed by atoms with van der Waals surface area (Å²) in [5.41, 5.74) is 1.80. The molecule has 0 spiro atoms. The number of amides is 1. The molecule has 0 fully saturated rings. The van der Waals surface area contributed by atoms with Crippen molar-refractivity contribution in [2.24, 2.45) is 0 Å². The van der Waals surface area contributed by atoms with Crippen LogP contribution in [0.15, 0.2) is 59.1 Å². The van der Waals surface area contributed by atoms with E-state index in [1.54, 1.807) is 42.6 Å². The van der Waals surface area contributed by atoms with Crippen molar-refractivity contribution in [2.45, 2.75) is 13.5 Å². The summed E-state index contributed by atoms with van der Waals surface area (Å²) in [5.74, 6) is 0.164. The van der Waals surface area contributed by atoms with E-state index < -0.39 is 5.97 Å². The van der Waals surface area contributed by atoms with Gasteiger partial charge in [-0.05, 0) is 48.5 Å². The van der Waals surface area contributed by atoms with Gasteiger partial charge in [0, 0.05) is 23.2 Å². The highest BCUT2D eigenvalue weighted by atomic mass is 35.5. The minimum atomic E-state index is -0.509. The second-order valence-corrected chi connectivity index (χ2v) is 5.90. The van der Waals surface area contributed by atoms with E-state index in [2.05, 4.69) is 10.3 Å². The van der Waals surface area contributed by atoms with Gasteiger partial charge in [-0.3, -0.25) is 4.79 Å². The Balaban J connectivity index is 1.59. The molecule has 0 atom stereocenters. The standard InChI is InChI=1S/C19H15ClN2O4/c1-12(23)22-16-8-4-14(5-9-16)19(24)25-11-18-21-10-17(26-18)13-2-6-15(20)7-3-13/h2-10H,11H2,1H3,(H,22,23).